The lowest BCUT2D eigenvalue weighted by molar-refractivity contribution is -0.273. The molecular weight excluding hydrogens is 568 g/mol. The largest absolute Gasteiger partial charge is 0.432 e. The first-order chi connectivity index (χ1) is 20.5. The van der Waals surface area contributed by atoms with Crippen LogP contribution in [0.4, 0.5) is 0 Å². The van der Waals surface area contributed by atoms with Crippen LogP contribution in [0.1, 0.15) is 86.0 Å². The minimum Gasteiger partial charge on any atom is -0.432 e. The molecule has 0 bridgehead atoms. The predicted molar refractivity (Wildman–Crippen MR) is 158 cm³/mol. The van der Waals surface area contributed by atoms with Gasteiger partial charge in [0.2, 0.25) is 6.29 Å². The van der Waals surface area contributed by atoms with E-state index < -0.39 is 65.1 Å². The zero-order chi connectivity index (χ0) is 32.2. The number of hydrogen-bond donors (Lipinski definition) is 7. The molecule has 44 heavy (non-hydrogen) atoms. The first kappa shape index (κ1) is 32.8. The minimum absolute atomic E-state index is 0.0458. The number of esters is 1. The Balaban J connectivity index is 1.37. The van der Waals surface area contributed by atoms with Gasteiger partial charge in [-0.2, -0.15) is 0 Å². The van der Waals surface area contributed by atoms with Crippen molar-refractivity contribution in [2.45, 2.75) is 128 Å². The lowest BCUT2D eigenvalue weighted by Crippen LogP contribution is -2.67. The normalized spacial score (nSPS) is 57.2. The Hall–Kier alpha value is -1.11. The van der Waals surface area contributed by atoms with Crippen molar-refractivity contribution in [3.05, 3.63) is 11.6 Å². The Morgan fingerprint density at radius 2 is 1.66 bits per heavy atom. The molecule has 10 nitrogen and oxygen atoms in total. The van der Waals surface area contributed by atoms with Crippen molar-refractivity contribution in [1.82, 2.24) is 0 Å². The van der Waals surface area contributed by atoms with Crippen LogP contribution in [0.2, 0.25) is 0 Å². The first-order valence-electron chi connectivity index (χ1n) is 16.8. The van der Waals surface area contributed by atoms with Crippen LogP contribution in [0, 0.1) is 51.2 Å². The van der Waals surface area contributed by atoms with E-state index in [-0.39, 0.29) is 47.7 Å². The average Bonchev–Trinajstić information content (AvgIpc) is 2.97. The maximum absolute atomic E-state index is 14.3. The van der Waals surface area contributed by atoms with Gasteiger partial charge in [0.05, 0.1) is 36.4 Å². The van der Waals surface area contributed by atoms with Gasteiger partial charge in [-0.1, -0.05) is 39.3 Å². The number of rotatable bonds is 3. The number of hydrogen-bond acceptors (Lipinski definition) is 10. The molecule has 7 N–H and O–H groups in total. The molecule has 0 spiro atoms. The lowest BCUT2D eigenvalue weighted by Gasteiger charge is -2.68. The highest BCUT2D eigenvalue weighted by Gasteiger charge is 2.69. The van der Waals surface area contributed by atoms with Crippen LogP contribution in [0.15, 0.2) is 11.6 Å². The third kappa shape index (κ3) is 4.31. The fourth-order valence-corrected chi connectivity index (χ4v) is 11.6. The molecule has 16 atom stereocenters. The molecule has 1 aliphatic heterocycles. The summed E-state index contributed by atoms with van der Waals surface area (Å²) in [5, 5.41) is 75.4. The van der Waals surface area contributed by atoms with Gasteiger partial charge in [0, 0.05) is 11.3 Å². The van der Waals surface area contributed by atoms with Crippen LogP contribution in [-0.2, 0) is 14.3 Å². The van der Waals surface area contributed by atoms with Crippen molar-refractivity contribution in [2.24, 2.45) is 51.2 Å². The van der Waals surface area contributed by atoms with Gasteiger partial charge >= 0.3 is 5.97 Å². The van der Waals surface area contributed by atoms with Crippen molar-refractivity contribution in [3.8, 4) is 0 Å². The molecule has 5 aliphatic carbocycles. The molecule has 6 aliphatic rings. The Bertz CT molecular complexity index is 1170. The Morgan fingerprint density at radius 1 is 0.955 bits per heavy atom. The highest BCUT2D eigenvalue weighted by atomic mass is 16.7. The number of carbonyl (C=O) groups is 1. The summed E-state index contributed by atoms with van der Waals surface area (Å²) in [5.41, 5.74) is -2.58. The second-order valence-electron chi connectivity index (χ2n) is 16.5. The number of ether oxygens (including phenoxy) is 2. The second-order valence-corrected chi connectivity index (χ2v) is 16.5. The van der Waals surface area contributed by atoms with Crippen molar-refractivity contribution in [3.63, 3.8) is 0 Å². The SMILES string of the molecule is CC1CCC2(C(=O)OC3OCC(O)C(O)C3O)CCC3(C)C(=CCC4C3CCC3C(C)(CO)C(O)C(O)CC43C)C2C1(C)O. The van der Waals surface area contributed by atoms with Gasteiger partial charge in [-0.05, 0) is 92.8 Å². The number of aliphatic hydroxyl groups excluding tert-OH is 6. The fourth-order valence-electron chi connectivity index (χ4n) is 11.6. The van der Waals surface area contributed by atoms with E-state index in [1.165, 1.54) is 0 Å². The standard InChI is InChI=1S/C34H54O10/c1-17-10-11-34(29(41)44-28-25(39)24(38)22(37)15-43-28)13-12-30(2)18-8-9-23-31(3,14-21(36)27(40)32(23,4)16-35)19(18)6-7-20(30)26(34)33(17,5)42/h7,17-19,21-28,35-40,42H,6,8-16H2,1-5H3. The predicted octanol–water partition coefficient (Wildman–Crippen LogP) is 1.66. The number of fused-ring (bicyclic) bond motifs is 7. The van der Waals surface area contributed by atoms with E-state index in [1.54, 1.807) is 0 Å². The van der Waals surface area contributed by atoms with Gasteiger partial charge in [0.1, 0.15) is 18.3 Å². The van der Waals surface area contributed by atoms with E-state index in [2.05, 4.69) is 19.9 Å². The minimum atomic E-state index is -1.59. The third-order valence-corrected chi connectivity index (χ3v) is 14.4. The fraction of sp³-hybridized carbons (Fsp3) is 0.912. The maximum atomic E-state index is 14.3. The van der Waals surface area contributed by atoms with E-state index in [4.69, 9.17) is 9.47 Å². The molecule has 0 radical (unpaired) electrons. The molecule has 0 amide bonds. The third-order valence-electron chi connectivity index (χ3n) is 14.4. The molecule has 0 aromatic carbocycles. The lowest BCUT2D eigenvalue weighted by atomic mass is 9.37. The summed E-state index contributed by atoms with van der Waals surface area (Å²) < 4.78 is 11.3. The molecular formula is C34H54O10. The van der Waals surface area contributed by atoms with E-state index in [1.807, 2.05) is 20.8 Å². The molecule has 0 aromatic rings. The van der Waals surface area contributed by atoms with E-state index >= 15 is 0 Å². The summed E-state index contributed by atoms with van der Waals surface area (Å²) in [6.45, 7) is 9.80. The topological polar surface area (TPSA) is 177 Å². The molecule has 5 fully saturated rings. The van der Waals surface area contributed by atoms with E-state index in [9.17, 15) is 40.5 Å². The summed E-state index contributed by atoms with van der Waals surface area (Å²) in [6.07, 6.45) is -0.220. The summed E-state index contributed by atoms with van der Waals surface area (Å²) >= 11 is 0. The van der Waals surface area contributed by atoms with Crippen LogP contribution in [0.3, 0.4) is 0 Å². The van der Waals surface area contributed by atoms with Gasteiger partial charge in [-0.15, -0.1) is 0 Å². The van der Waals surface area contributed by atoms with Crippen LogP contribution in [-0.4, -0.2) is 97.3 Å². The van der Waals surface area contributed by atoms with Crippen molar-refractivity contribution < 1.29 is 50.0 Å². The van der Waals surface area contributed by atoms with E-state index in [0.29, 0.717) is 38.5 Å². The summed E-state index contributed by atoms with van der Waals surface area (Å²) in [7, 11) is 0. The molecule has 6 rings (SSSR count). The van der Waals surface area contributed by atoms with Crippen molar-refractivity contribution in [1.29, 1.82) is 0 Å². The molecule has 10 heteroatoms. The monoisotopic (exact) mass is 622 g/mol. The summed E-state index contributed by atoms with van der Waals surface area (Å²) in [4.78, 5) is 14.3. The Morgan fingerprint density at radius 3 is 2.34 bits per heavy atom. The molecule has 0 aromatic heterocycles. The zero-order valence-electron chi connectivity index (χ0n) is 26.9. The number of carbonyl (C=O) groups excluding carboxylic acids is 1. The van der Waals surface area contributed by atoms with Gasteiger partial charge < -0.3 is 45.2 Å². The smallest absolute Gasteiger partial charge is 0.315 e. The van der Waals surface area contributed by atoms with Gasteiger partial charge in [0.15, 0.2) is 0 Å². The van der Waals surface area contributed by atoms with Crippen LogP contribution in [0.25, 0.3) is 0 Å². The molecule has 4 saturated carbocycles. The molecule has 16 unspecified atom stereocenters. The van der Waals surface area contributed by atoms with Crippen LogP contribution in [0.5, 0.6) is 0 Å². The Kier molecular flexibility index (Phi) is 7.98. The number of allylic oxidation sites excluding steroid dienone is 1. The average molecular weight is 623 g/mol. The highest BCUT2D eigenvalue weighted by Crippen LogP contribution is 2.72. The second kappa shape index (κ2) is 10.7. The first-order valence-corrected chi connectivity index (χ1v) is 16.8. The molecule has 1 heterocycles. The number of aliphatic hydroxyl groups is 7. The van der Waals surface area contributed by atoms with Crippen molar-refractivity contribution in [2.75, 3.05) is 13.2 Å². The Labute approximate surface area is 260 Å². The van der Waals surface area contributed by atoms with Crippen LogP contribution >= 0.6 is 0 Å². The molecule has 1 saturated heterocycles. The molecule has 250 valence electrons. The van der Waals surface area contributed by atoms with Gasteiger partial charge in [-0.3, -0.25) is 4.79 Å². The van der Waals surface area contributed by atoms with Crippen LogP contribution < -0.4 is 0 Å². The quantitative estimate of drug-likeness (QED) is 0.181. The summed E-state index contributed by atoms with van der Waals surface area (Å²) in [6, 6.07) is 0. The zero-order valence-corrected chi connectivity index (χ0v) is 26.9. The van der Waals surface area contributed by atoms with Gasteiger partial charge in [0.25, 0.3) is 0 Å². The summed E-state index contributed by atoms with van der Waals surface area (Å²) in [5.74, 6) is -0.662. The maximum Gasteiger partial charge on any atom is 0.315 e. The highest BCUT2D eigenvalue weighted by molar-refractivity contribution is 5.79. The van der Waals surface area contributed by atoms with Crippen molar-refractivity contribution >= 4 is 5.97 Å². The van der Waals surface area contributed by atoms with Gasteiger partial charge in [-0.25, -0.2) is 0 Å². The van der Waals surface area contributed by atoms with E-state index in [0.717, 1.165) is 18.4 Å².